The van der Waals surface area contributed by atoms with Crippen LogP contribution >= 0.6 is 15.9 Å². The summed E-state index contributed by atoms with van der Waals surface area (Å²) in [5, 5.41) is 8.94. The highest BCUT2D eigenvalue weighted by Crippen LogP contribution is 2.63. The second-order valence-corrected chi connectivity index (χ2v) is 8.88. The number of sulfone groups is 1. The number of hydrogen-bond donors (Lipinski definition) is 0. The first-order chi connectivity index (χ1) is 11.5. The number of benzene rings is 2. The van der Waals surface area contributed by atoms with Crippen molar-refractivity contribution in [3.8, 4) is 6.07 Å². The van der Waals surface area contributed by atoms with E-state index in [-0.39, 0.29) is 11.5 Å². The Kier molecular flexibility index (Phi) is 4.52. The van der Waals surface area contributed by atoms with Crippen LogP contribution in [0.2, 0.25) is 0 Å². The smallest absolute Gasteiger partial charge is 0.183 e. The Morgan fingerprint density at radius 3 is 2.33 bits per heavy atom. The van der Waals surface area contributed by atoms with E-state index in [1.807, 2.05) is 24.3 Å². The Balaban J connectivity index is 2.08. The van der Waals surface area contributed by atoms with Crippen molar-refractivity contribution < 1.29 is 13.2 Å². The van der Waals surface area contributed by atoms with E-state index in [4.69, 9.17) is 4.74 Å². The number of nitrogens with zero attached hydrogens (tertiary/aromatic N) is 1. The summed E-state index contributed by atoms with van der Waals surface area (Å²) in [6, 6.07) is 17.9. The van der Waals surface area contributed by atoms with Gasteiger partial charge in [0.1, 0.15) is 5.41 Å². The Hall–Kier alpha value is -1.68. The molecular formula is C18H16BrNO3S. The minimum atomic E-state index is -3.63. The first-order valence-corrected chi connectivity index (χ1v) is 9.76. The molecule has 2 aromatic carbocycles. The summed E-state index contributed by atoms with van der Waals surface area (Å²) in [6.45, 7) is 0.0843. The van der Waals surface area contributed by atoms with Crippen molar-refractivity contribution >= 4 is 25.8 Å². The van der Waals surface area contributed by atoms with Gasteiger partial charge in [-0.25, -0.2) is 8.42 Å². The largest absolute Gasteiger partial charge is 0.383 e. The van der Waals surface area contributed by atoms with E-state index in [0.29, 0.717) is 0 Å². The van der Waals surface area contributed by atoms with Gasteiger partial charge in [-0.3, -0.25) is 0 Å². The summed E-state index contributed by atoms with van der Waals surface area (Å²) in [5.74, 6) is -0.402. The maximum Gasteiger partial charge on any atom is 0.183 e. The van der Waals surface area contributed by atoms with Gasteiger partial charge in [0.2, 0.25) is 0 Å². The first kappa shape index (κ1) is 17.2. The van der Waals surface area contributed by atoms with Crippen LogP contribution in [-0.2, 0) is 14.6 Å². The van der Waals surface area contributed by atoms with Crippen LogP contribution in [-0.4, -0.2) is 27.4 Å². The lowest BCUT2D eigenvalue weighted by Crippen LogP contribution is -2.19. The average molecular weight is 406 g/mol. The maximum absolute atomic E-state index is 13.1. The van der Waals surface area contributed by atoms with Gasteiger partial charge in [0.15, 0.2) is 9.84 Å². The van der Waals surface area contributed by atoms with Gasteiger partial charge < -0.3 is 4.74 Å². The number of rotatable bonds is 5. The number of ether oxygens (including phenoxy) is 1. The SMILES string of the molecule is COC[C@@]1(C#N)[C@H](S(=O)(=O)c2ccccc2)[C@@H]1c1ccc(Br)cc1. The third-order valence-electron chi connectivity index (χ3n) is 4.48. The highest BCUT2D eigenvalue weighted by atomic mass is 79.9. The molecule has 1 aliphatic rings. The fourth-order valence-corrected chi connectivity index (χ4v) is 5.93. The summed E-state index contributed by atoms with van der Waals surface area (Å²) in [4.78, 5) is 0.241. The number of hydrogen-bond acceptors (Lipinski definition) is 4. The van der Waals surface area contributed by atoms with Crippen LogP contribution in [0.1, 0.15) is 11.5 Å². The molecule has 4 nitrogen and oxygen atoms in total. The van der Waals surface area contributed by atoms with Gasteiger partial charge in [0, 0.05) is 17.5 Å². The molecule has 0 bridgehead atoms. The Bertz CT molecular complexity index is 875. The van der Waals surface area contributed by atoms with Gasteiger partial charge in [-0.1, -0.05) is 46.3 Å². The molecule has 0 unspecified atom stereocenters. The zero-order chi connectivity index (χ0) is 17.4. The number of halogens is 1. The van der Waals surface area contributed by atoms with E-state index in [1.165, 1.54) is 7.11 Å². The van der Waals surface area contributed by atoms with Crippen LogP contribution in [0.5, 0.6) is 0 Å². The van der Waals surface area contributed by atoms with Crippen molar-refractivity contribution in [1.29, 1.82) is 5.26 Å². The van der Waals surface area contributed by atoms with Crippen LogP contribution in [0.15, 0.2) is 64.0 Å². The van der Waals surface area contributed by atoms with Gasteiger partial charge >= 0.3 is 0 Å². The second-order valence-electron chi connectivity index (χ2n) is 5.89. The van der Waals surface area contributed by atoms with Crippen LogP contribution < -0.4 is 0 Å². The summed E-state index contributed by atoms with van der Waals surface area (Å²) in [5.41, 5.74) is -0.224. The van der Waals surface area contributed by atoms with Crippen LogP contribution in [0, 0.1) is 16.7 Å². The van der Waals surface area contributed by atoms with Crippen molar-refractivity contribution in [3.63, 3.8) is 0 Å². The molecule has 0 amide bonds. The standard InChI is InChI=1S/C18H16BrNO3S/c1-23-12-18(11-20)16(13-7-9-14(19)10-8-13)17(18)24(21,22)15-5-3-2-4-6-15/h2-10,16-17H,12H2,1H3/t16-,17+,18+/m0/s1. The molecule has 0 aromatic heterocycles. The van der Waals surface area contributed by atoms with Gasteiger partial charge in [0.25, 0.3) is 0 Å². The molecule has 0 spiro atoms. The molecule has 0 radical (unpaired) electrons. The highest BCUT2D eigenvalue weighted by Gasteiger charge is 2.72. The van der Waals surface area contributed by atoms with Gasteiger partial charge in [0.05, 0.1) is 22.8 Å². The van der Waals surface area contributed by atoms with Gasteiger partial charge in [-0.15, -0.1) is 0 Å². The fraction of sp³-hybridized carbons (Fsp3) is 0.278. The van der Waals surface area contributed by atoms with Crippen molar-refractivity contribution in [2.75, 3.05) is 13.7 Å². The summed E-state index contributed by atoms with van der Waals surface area (Å²) < 4.78 is 32.3. The average Bonchev–Trinajstić information content (AvgIpc) is 3.26. The van der Waals surface area contributed by atoms with Crippen molar-refractivity contribution in [3.05, 3.63) is 64.6 Å². The predicted octanol–water partition coefficient (Wildman–Crippen LogP) is 3.55. The molecule has 0 N–H and O–H groups in total. The van der Waals surface area contributed by atoms with Gasteiger partial charge in [-0.05, 0) is 29.8 Å². The third-order valence-corrected chi connectivity index (χ3v) is 7.30. The predicted molar refractivity (Wildman–Crippen MR) is 94.2 cm³/mol. The molecule has 6 heteroatoms. The summed E-state index contributed by atoms with van der Waals surface area (Å²) in [7, 11) is -2.14. The fourth-order valence-electron chi connectivity index (χ4n) is 3.34. The molecule has 3 atom stereocenters. The maximum atomic E-state index is 13.1. The van der Waals surface area contributed by atoms with E-state index < -0.39 is 26.4 Å². The van der Waals surface area contributed by atoms with E-state index in [1.54, 1.807) is 30.3 Å². The van der Waals surface area contributed by atoms with Crippen molar-refractivity contribution in [2.24, 2.45) is 5.41 Å². The first-order valence-electron chi connectivity index (χ1n) is 7.42. The number of nitriles is 1. The second kappa shape index (κ2) is 6.32. The lowest BCUT2D eigenvalue weighted by Gasteiger charge is -2.08. The molecule has 24 heavy (non-hydrogen) atoms. The van der Waals surface area contributed by atoms with E-state index in [9.17, 15) is 13.7 Å². The lowest BCUT2D eigenvalue weighted by molar-refractivity contribution is 0.162. The minimum absolute atomic E-state index is 0.0843. The normalized spacial score (nSPS) is 25.9. The summed E-state index contributed by atoms with van der Waals surface area (Å²) >= 11 is 3.37. The quantitative estimate of drug-likeness (QED) is 0.762. The molecule has 3 rings (SSSR count). The molecule has 2 aromatic rings. The molecule has 124 valence electrons. The van der Waals surface area contributed by atoms with E-state index in [2.05, 4.69) is 22.0 Å². The minimum Gasteiger partial charge on any atom is -0.383 e. The van der Waals surface area contributed by atoms with Crippen LogP contribution in [0.3, 0.4) is 0 Å². The molecule has 0 heterocycles. The van der Waals surface area contributed by atoms with Crippen molar-refractivity contribution in [1.82, 2.24) is 0 Å². The topological polar surface area (TPSA) is 67.2 Å². The number of methoxy groups -OCH3 is 1. The van der Waals surface area contributed by atoms with Gasteiger partial charge in [-0.2, -0.15) is 5.26 Å². The monoisotopic (exact) mass is 405 g/mol. The van der Waals surface area contributed by atoms with Crippen LogP contribution in [0.25, 0.3) is 0 Å². The Morgan fingerprint density at radius 2 is 1.79 bits per heavy atom. The Morgan fingerprint density at radius 1 is 1.17 bits per heavy atom. The highest BCUT2D eigenvalue weighted by molar-refractivity contribution is 9.10. The van der Waals surface area contributed by atoms with E-state index in [0.717, 1.165) is 10.0 Å². The molecule has 1 aliphatic carbocycles. The molecule has 0 saturated heterocycles. The third kappa shape index (κ3) is 2.67. The zero-order valence-electron chi connectivity index (χ0n) is 13.0. The zero-order valence-corrected chi connectivity index (χ0v) is 15.4. The lowest BCUT2D eigenvalue weighted by atomic mass is 10.0. The molecule has 1 fully saturated rings. The molecule has 1 saturated carbocycles. The Labute approximate surface area is 150 Å². The van der Waals surface area contributed by atoms with Crippen molar-refractivity contribution in [2.45, 2.75) is 16.1 Å². The summed E-state index contributed by atoms with van der Waals surface area (Å²) in [6.07, 6.45) is 0. The van der Waals surface area contributed by atoms with E-state index >= 15 is 0 Å². The molecular weight excluding hydrogens is 390 g/mol. The van der Waals surface area contributed by atoms with Crippen LogP contribution in [0.4, 0.5) is 0 Å². The molecule has 0 aliphatic heterocycles.